The molecule has 0 aromatic carbocycles. The van der Waals surface area contributed by atoms with Crippen LogP contribution in [0.15, 0.2) is 10.7 Å². The highest BCUT2D eigenvalue weighted by atomic mass is 79.9. The van der Waals surface area contributed by atoms with E-state index < -0.39 is 0 Å². The van der Waals surface area contributed by atoms with E-state index >= 15 is 0 Å². The number of nitrogens with zero attached hydrogens (tertiary/aromatic N) is 2. The van der Waals surface area contributed by atoms with Crippen molar-refractivity contribution in [2.75, 3.05) is 18.1 Å². The van der Waals surface area contributed by atoms with Crippen LogP contribution in [0, 0.1) is 0 Å². The summed E-state index contributed by atoms with van der Waals surface area (Å²) in [5, 5.41) is 8.10. The summed E-state index contributed by atoms with van der Waals surface area (Å²) in [6, 6.07) is 0.387. The molecule has 5 heteroatoms. The number of nitrogens with one attached hydrogen (secondary N) is 1. The average molecular weight is 334 g/mol. The predicted molar refractivity (Wildman–Crippen MR) is 84.3 cm³/mol. The molecule has 0 aliphatic rings. The first-order chi connectivity index (χ1) is 8.74. The van der Waals surface area contributed by atoms with Gasteiger partial charge in [0.1, 0.15) is 0 Å². The summed E-state index contributed by atoms with van der Waals surface area (Å²) in [6.45, 7) is 8.64. The van der Waals surface area contributed by atoms with E-state index in [1.165, 1.54) is 5.69 Å². The van der Waals surface area contributed by atoms with Crippen LogP contribution in [0.4, 0.5) is 0 Å². The zero-order chi connectivity index (χ0) is 13.4. The fourth-order valence-corrected chi connectivity index (χ4v) is 3.22. The molecule has 0 amide bonds. The molecule has 0 aliphatic heterocycles. The van der Waals surface area contributed by atoms with Crippen LogP contribution in [-0.4, -0.2) is 27.8 Å². The van der Waals surface area contributed by atoms with E-state index in [0.29, 0.717) is 6.04 Å². The molecule has 104 valence electrons. The fourth-order valence-electron chi connectivity index (χ4n) is 1.90. The van der Waals surface area contributed by atoms with E-state index in [4.69, 9.17) is 0 Å². The number of hydrogen-bond acceptors (Lipinski definition) is 3. The summed E-state index contributed by atoms with van der Waals surface area (Å²) in [5.41, 5.74) is 1.30. The largest absolute Gasteiger partial charge is 0.308 e. The normalized spacial score (nSPS) is 12.9. The maximum atomic E-state index is 4.46. The molecule has 0 saturated carbocycles. The van der Waals surface area contributed by atoms with E-state index in [-0.39, 0.29) is 0 Å². The summed E-state index contributed by atoms with van der Waals surface area (Å²) in [6.07, 6.45) is 4.19. The molecule has 0 fully saturated rings. The van der Waals surface area contributed by atoms with Gasteiger partial charge in [0, 0.05) is 12.3 Å². The van der Waals surface area contributed by atoms with Gasteiger partial charge in [0.15, 0.2) is 0 Å². The zero-order valence-corrected chi connectivity index (χ0v) is 14.0. The Morgan fingerprint density at radius 2 is 2.17 bits per heavy atom. The Kier molecular flexibility index (Phi) is 8.02. The van der Waals surface area contributed by atoms with Crippen LogP contribution < -0.4 is 5.32 Å². The van der Waals surface area contributed by atoms with Crippen molar-refractivity contribution in [1.82, 2.24) is 15.1 Å². The lowest BCUT2D eigenvalue weighted by molar-refractivity contribution is 0.497. The Hall–Kier alpha value is 0. The highest BCUT2D eigenvalue weighted by Gasteiger charge is 2.19. The van der Waals surface area contributed by atoms with E-state index in [9.17, 15) is 0 Å². The second-order valence-electron chi connectivity index (χ2n) is 4.27. The molecule has 1 N–H and O–H groups in total. The van der Waals surface area contributed by atoms with Gasteiger partial charge in [-0.25, -0.2) is 0 Å². The van der Waals surface area contributed by atoms with Crippen molar-refractivity contribution in [3.63, 3.8) is 0 Å². The standard InChI is InChI=1S/C13H24BrN3S/c1-4-7-15-12(10-18-6-3)13-11(14)9-16-17(13)8-5-2/h9,12,15H,4-8,10H2,1-3H3. The number of hydrogen-bond donors (Lipinski definition) is 1. The summed E-state index contributed by atoms with van der Waals surface area (Å²) in [4.78, 5) is 0. The minimum atomic E-state index is 0.387. The first-order valence-corrected chi connectivity index (χ1v) is 8.71. The first-order valence-electron chi connectivity index (χ1n) is 6.76. The molecule has 1 atom stereocenters. The maximum absolute atomic E-state index is 4.46. The van der Waals surface area contributed by atoms with E-state index in [1.54, 1.807) is 0 Å². The predicted octanol–water partition coefficient (Wildman–Crippen LogP) is 3.85. The summed E-state index contributed by atoms with van der Waals surface area (Å²) < 4.78 is 3.26. The molecular formula is C13H24BrN3S. The van der Waals surface area contributed by atoms with Gasteiger partial charge in [0.25, 0.3) is 0 Å². The Morgan fingerprint density at radius 3 is 2.78 bits per heavy atom. The third-order valence-corrected chi connectivity index (χ3v) is 4.32. The molecule has 0 radical (unpaired) electrons. The van der Waals surface area contributed by atoms with Crippen molar-refractivity contribution < 1.29 is 0 Å². The third-order valence-electron chi connectivity index (χ3n) is 2.73. The van der Waals surface area contributed by atoms with Crippen LogP contribution in [-0.2, 0) is 6.54 Å². The monoisotopic (exact) mass is 333 g/mol. The number of thioether (sulfide) groups is 1. The average Bonchev–Trinajstić information content (AvgIpc) is 2.72. The van der Waals surface area contributed by atoms with Crippen molar-refractivity contribution in [1.29, 1.82) is 0 Å². The van der Waals surface area contributed by atoms with Crippen LogP contribution in [0.3, 0.4) is 0 Å². The molecular weight excluding hydrogens is 310 g/mol. The minimum absolute atomic E-state index is 0.387. The summed E-state index contributed by atoms with van der Waals surface area (Å²) in [5.74, 6) is 2.26. The molecule has 1 aromatic rings. The van der Waals surface area contributed by atoms with Crippen LogP contribution in [0.2, 0.25) is 0 Å². The highest BCUT2D eigenvalue weighted by molar-refractivity contribution is 9.10. The molecule has 0 spiro atoms. The molecule has 3 nitrogen and oxygen atoms in total. The number of rotatable bonds is 9. The second-order valence-corrected chi connectivity index (χ2v) is 6.44. The first kappa shape index (κ1) is 16.1. The smallest absolute Gasteiger partial charge is 0.0704 e. The van der Waals surface area contributed by atoms with Crippen LogP contribution in [0.5, 0.6) is 0 Å². The fraction of sp³-hybridized carbons (Fsp3) is 0.769. The quantitative estimate of drug-likeness (QED) is 0.744. The van der Waals surface area contributed by atoms with Crippen LogP contribution >= 0.6 is 27.7 Å². The van der Waals surface area contributed by atoms with Crippen molar-refractivity contribution in [2.45, 2.75) is 46.2 Å². The molecule has 18 heavy (non-hydrogen) atoms. The minimum Gasteiger partial charge on any atom is -0.308 e. The van der Waals surface area contributed by atoms with Gasteiger partial charge in [-0.2, -0.15) is 16.9 Å². The van der Waals surface area contributed by atoms with Gasteiger partial charge in [0.05, 0.1) is 22.4 Å². The Balaban J connectivity index is 2.83. The number of aromatic nitrogens is 2. The van der Waals surface area contributed by atoms with Crippen molar-refractivity contribution in [3.8, 4) is 0 Å². The SMILES string of the molecule is CCCNC(CSCC)c1c(Br)cnn1CCC. The zero-order valence-electron chi connectivity index (χ0n) is 11.6. The topological polar surface area (TPSA) is 29.9 Å². The lowest BCUT2D eigenvalue weighted by Crippen LogP contribution is -2.27. The Labute approximate surface area is 123 Å². The van der Waals surface area contributed by atoms with E-state index in [2.05, 4.69) is 51.8 Å². The van der Waals surface area contributed by atoms with Gasteiger partial charge in [-0.05, 0) is 41.1 Å². The molecule has 1 unspecified atom stereocenters. The third kappa shape index (κ3) is 4.59. The van der Waals surface area contributed by atoms with Gasteiger partial charge in [-0.3, -0.25) is 4.68 Å². The van der Waals surface area contributed by atoms with Crippen molar-refractivity contribution >= 4 is 27.7 Å². The Bertz CT molecular complexity index is 333. The van der Waals surface area contributed by atoms with Crippen LogP contribution in [0.25, 0.3) is 0 Å². The molecule has 0 saturated heterocycles. The van der Waals surface area contributed by atoms with Gasteiger partial charge in [-0.1, -0.05) is 20.8 Å². The van der Waals surface area contributed by atoms with Gasteiger partial charge < -0.3 is 5.32 Å². The second kappa shape index (κ2) is 8.99. The number of aryl methyl sites for hydroxylation is 1. The molecule has 1 heterocycles. The number of halogens is 1. The van der Waals surface area contributed by atoms with E-state index in [1.807, 2.05) is 18.0 Å². The van der Waals surface area contributed by atoms with Crippen molar-refractivity contribution in [2.24, 2.45) is 0 Å². The van der Waals surface area contributed by atoms with Gasteiger partial charge in [-0.15, -0.1) is 0 Å². The van der Waals surface area contributed by atoms with E-state index in [0.717, 1.165) is 41.9 Å². The van der Waals surface area contributed by atoms with Gasteiger partial charge >= 0.3 is 0 Å². The lowest BCUT2D eigenvalue weighted by Gasteiger charge is -2.20. The van der Waals surface area contributed by atoms with Crippen LogP contribution in [0.1, 0.15) is 45.3 Å². The molecule has 1 rings (SSSR count). The Morgan fingerprint density at radius 1 is 1.39 bits per heavy atom. The lowest BCUT2D eigenvalue weighted by atomic mass is 10.2. The highest BCUT2D eigenvalue weighted by Crippen LogP contribution is 2.26. The summed E-state index contributed by atoms with van der Waals surface area (Å²) in [7, 11) is 0. The summed E-state index contributed by atoms with van der Waals surface area (Å²) >= 11 is 5.61. The van der Waals surface area contributed by atoms with Gasteiger partial charge in [0.2, 0.25) is 0 Å². The molecule has 0 aliphatic carbocycles. The molecule has 1 aromatic heterocycles. The molecule has 0 bridgehead atoms. The maximum Gasteiger partial charge on any atom is 0.0704 e. The van der Waals surface area contributed by atoms with Crippen molar-refractivity contribution in [3.05, 3.63) is 16.4 Å².